The maximum absolute atomic E-state index is 12.3. The smallest absolute Gasteiger partial charge is 0.409 e. The van der Waals surface area contributed by atoms with E-state index in [2.05, 4.69) is 5.32 Å². The predicted molar refractivity (Wildman–Crippen MR) is 94.1 cm³/mol. The molecule has 0 spiro atoms. The van der Waals surface area contributed by atoms with Gasteiger partial charge < -0.3 is 24.6 Å². The number of fused-ring (bicyclic) bond motifs is 1. The van der Waals surface area contributed by atoms with E-state index in [0.29, 0.717) is 51.4 Å². The molecule has 1 N–H and O–H groups in total. The van der Waals surface area contributed by atoms with Gasteiger partial charge in [-0.05, 0) is 37.1 Å². The lowest BCUT2D eigenvalue weighted by atomic mass is 10.0. The minimum absolute atomic E-state index is 0.0170. The van der Waals surface area contributed by atoms with Crippen molar-refractivity contribution >= 4 is 23.6 Å². The van der Waals surface area contributed by atoms with Crippen molar-refractivity contribution in [3.63, 3.8) is 0 Å². The van der Waals surface area contributed by atoms with Gasteiger partial charge in [-0.3, -0.25) is 9.59 Å². The topological polar surface area (TPSA) is 88.2 Å². The second kappa shape index (κ2) is 8.07. The SMILES string of the molecule is CCOC(=O)N1CCN(C(=O)COc2ccc3c(c2)CCC(=O)N3)CC1. The first-order chi connectivity index (χ1) is 12.6. The second-order valence-electron chi connectivity index (χ2n) is 6.22. The zero-order valence-electron chi connectivity index (χ0n) is 14.8. The number of hydrogen-bond donors (Lipinski definition) is 1. The van der Waals surface area contributed by atoms with Crippen molar-refractivity contribution in [1.82, 2.24) is 9.80 Å². The first-order valence-electron chi connectivity index (χ1n) is 8.82. The van der Waals surface area contributed by atoms with Gasteiger partial charge in [0, 0.05) is 38.3 Å². The van der Waals surface area contributed by atoms with Gasteiger partial charge >= 0.3 is 6.09 Å². The Kier molecular flexibility index (Phi) is 5.60. The maximum atomic E-state index is 12.3. The molecule has 1 aromatic carbocycles. The van der Waals surface area contributed by atoms with E-state index in [9.17, 15) is 14.4 Å². The molecule has 0 unspecified atom stereocenters. The first kappa shape index (κ1) is 18.0. The Bertz CT molecular complexity index is 698. The van der Waals surface area contributed by atoms with Gasteiger partial charge in [0.05, 0.1) is 6.61 Å². The normalized spacial score (nSPS) is 16.6. The van der Waals surface area contributed by atoms with E-state index in [1.54, 1.807) is 28.9 Å². The predicted octanol–water partition coefficient (Wildman–Crippen LogP) is 1.25. The third-order valence-corrected chi connectivity index (χ3v) is 4.49. The molecule has 0 radical (unpaired) electrons. The molecular formula is C18H23N3O5. The second-order valence-corrected chi connectivity index (χ2v) is 6.22. The van der Waals surface area contributed by atoms with Crippen molar-refractivity contribution in [2.75, 3.05) is 44.7 Å². The van der Waals surface area contributed by atoms with Crippen LogP contribution in [0.5, 0.6) is 5.75 Å². The zero-order valence-corrected chi connectivity index (χ0v) is 14.8. The number of ether oxygens (including phenoxy) is 2. The van der Waals surface area contributed by atoms with Crippen LogP contribution in [0.2, 0.25) is 0 Å². The van der Waals surface area contributed by atoms with E-state index >= 15 is 0 Å². The number of nitrogens with zero attached hydrogens (tertiary/aromatic N) is 2. The highest BCUT2D eigenvalue weighted by Crippen LogP contribution is 2.26. The van der Waals surface area contributed by atoms with Crippen LogP contribution in [0.15, 0.2) is 18.2 Å². The molecule has 0 aliphatic carbocycles. The van der Waals surface area contributed by atoms with Crippen LogP contribution >= 0.6 is 0 Å². The van der Waals surface area contributed by atoms with E-state index in [1.165, 1.54) is 0 Å². The molecule has 0 aromatic heterocycles. The number of rotatable bonds is 4. The summed E-state index contributed by atoms with van der Waals surface area (Å²) in [6, 6.07) is 5.40. The number of benzene rings is 1. The number of hydrogen-bond acceptors (Lipinski definition) is 5. The molecule has 3 rings (SSSR count). The highest BCUT2D eigenvalue weighted by atomic mass is 16.6. The molecule has 8 heteroatoms. The number of piperazine rings is 1. The molecule has 1 aromatic rings. The molecule has 26 heavy (non-hydrogen) atoms. The molecule has 0 bridgehead atoms. The molecule has 3 amide bonds. The largest absolute Gasteiger partial charge is 0.484 e. The van der Waals surface area contributed by atoms with E-state index in [-0.39, 0.29) is 24.5 Å². The number of carbonyl (C=O) groups excluding carboxylic acids is 3. The van der Waals surface area contributed by atoms with Crippen molar-refractivity contribution in [2.45, 2.75) is 19.8 Å². The van der Waals surface area contributed by atoms with Gasteiger partial charge in [-0.15, -0.1) is 0 Å². The maximum Gasteiger partial charge on any atom is 0.409 e. The van der Waals surface area contributed by atoms with E-state index in [4.69, 9.17) is 9.47 Å². The molecule has 2 aliphatic rings. The van der Waals surface area contributed by atoms with Crippen LogP contribution in [0.3, 0.4) is 0 Å². The average Bonchev–Trinajstić information content (AvgIpc) is 2.66. The number of amides is 3. The summed E-state index contributed by atoms with van der Waals surface area (Å²) in [5, 5.41) is 2.81. The van der Waals surface area contributed by atoms with E-state index < -0.39 is 0 Å². The molecule has 140 valence electrons. The van der Waals surface area contributed by atoms with Crippen LogP contribution < -0.4 is 10.1 Å². The lowest BCUT2D eigenvalue weighted by Crippen LogP contribution is -2.51. The number of carbonyl (C=O) groups is 3. The van der Waals surface area contributed by atoms with Crippen LogP contribution in [0, 0.1) is 0 Å². The number of aryl methyl sites for hydroxylation is 1. The quantitative estimate of drug-likeness (QED) is 0.872. The highest BCUT2D eigenvalue weighted by molar-refractivity contribution is 5.94. The Hall–Kier alpha value is -2.77. The first-order valence-corrected chi connectivity index (χ1v) is 8.82. The molecule has 1 saturated heterocycles. The summed E-state index contributed by atoms with van der Waals surface area (Å²) < 4.78 is 10.6. The fourth-order valence-electron chi connectivity index (χ4n) is 3.04. The van der Waals surface area contributed by atoms with Crippen molar-refractivity contribution in [1.29, 1.82) is 0 Å². The van der Waals surface area contributed by atoms with Crippen LogP contribution in [0.25, 0.3) is 0 Å². The number of nitrogens with one attached hydrogen (secondary N) is 1. The van der Waals surface area contributed by atoms with Gasteiger partial charge in [0.25, 0.3) is 5.91 Å². The van der Waals surface area contributed by atoms with Crippen LogP contribution in [-0.2, 0) is 20.7 Å². The summed E-state index contributed by atoms with van der Waals surface area (Å²) >= 11 is 0. The summed E-state index contributed by atoms with van der Waals surface area (Å²) in [5.74, 6) is 0.515. The van der Waals surface area contributed by atoms with Crippen LogP contribution in [0.1, 0.15) is 18.9 Å². The molecule has 2 aliphatic heterocycles. The fourth-order valence-corrected chi connectivity index (χ4v) is 3.04. The summed E-state index contributed by atoms with van der Waals surface area (Å²) in [4.78, 5) is 38.7. The summed E-state index contributed by atoms with van der Waals surface area (Å²) in [6.45, 7) is 3.92. The standard InChI is InChI=1S/C18H23N3O5/c1-2-25-18(24)21-9-7-20(8-10-21)17(23)12-26-14-4-5-15-13(11-14)3-6-16(22)19-15/h4-5,11H,2-3,6-10,12H2,1H3,(H,19,22). The van der Waals surface area contributed by atoms with Crippen molar-refractivity contribution in [2.24, 2.45) is 0 Å². The minimum Gasteiger partial charge on any atom is -0.484 e. The highest BCUT2D eigenvalue weighted by Gasteiger charge is 2.25. The van der Waals surface area contributed by atoms with Crippen LogP contribution in [-0.4, -0.2) is 67.1 Å². The lowest BCUT2D eigenvalue weighted by molar-refractivity contribution is -0.135. The molecule has 0 saturated carbocycles. The molecule has 8 nitrogen and oxygen atoms in total. The Balaban J connectivity index is 1.47. The molecule has 1 fully saturated rings. The number of anilines is 1. The molecule has 0 atom stereocenters. The van der Waals surface area contributed by atoms with Crippen molar-refractivity contribution < 1.29 is 23.9 Å². The Morgan fingerprint density at radius 2 is 1.85 bits per heavy atom. The Morgan fingerprint density at radius 1 is 1.12 bits per heavy atom. The zero-order chi connectivity index (χ0) is 18.5. The summed E-state index contributed by atoms with van der Waals surface area (Å²) in [5.41, 5.74) is 1.81. The third-order valence-electron chi connectivity index (χ3n) is 4.49. The van der Waals surface area contributed by atoms with Crippen molar-refractivity contribution in [3.8, 4) is 5.75 Å². The van der Waals surface area contributed by atoms with Gasteiger partial charge in [-0.25, -0.2) is 4.79 Å². The summed E-state index contributed by atoms with van der Waals surface area (Å²) in [7, 11) is 0. The van der Waals surface area contributed by atoms with Gasteiger partial charge in [0.1, 0.15) is 5.75 Å². The molecule has 2 heterocycles. The fraction of sp³-hybridized carbons (Fsp3) is 0.500. The third kappa shape index (κ3) is 4.25. The van der Waals surface area contributed by atoms with Gasteiger partial charge in [0.15, 0.2) is 6.61 Å². The monoisotopic (exact) mass is 361 g/mol. The molecular weight excluding hydrogens is 338 g/mol. The van der Waals surface area contributed by atoms with Crippen molar-refractivity contribution in [3.05, 3.63) is 23.8 Å². The average molecular weight is 361 g/mol. The van der Waals surface area contributed by atoms with Gasteiger partial charge in [0.2, 0.25) is 5.91 Å². The Morgan fingerprint density at radius 3 is 2.58 bits per heavy atom. The van der Waals surface area contributed by atoms with E-state index in [0.717, 1.165) is 11.3 Å². The van der Waals surface area contributed by atoms with Crippen LogP contribution in [0.4, 0.5) is 10.5 Å². The minimum atomic E-state index is -0.336. The van der Waals surface area contributed by atoms with Gasteiger partial charge in [-0.1, -0.05) is 0 Å². The summed E-state index contributed by atoms with van der Waals surface area (Å²) in [6.07, 6.45) is 0.791. The Labute approximate surface area is 152 Å². The lowest BCUT2D eigenvalue weighted by Gasteiger charge is -2.34. The van der Waals surface area contributed by atoms with Gasteiger partial charge in [-0.2, -0.15) is 0 Å². The van der Waals surface area contributed by atoms with E-state index in [1.807, 2.05) is 6.07 Å².